The molecule has 0 heterocycles. The molecule has 0 saturated heterocycles. The Bertz CT molecular complexity index is 944. The molecule has 2 N–H and O–H groups in total. The number of quaternary nitrogens is 1. The summed E-state index contributed by atoms with van der Waals surface area (Å²) in [6.45, 7) is 4.48. The lowest BCUT2D eigenvalue weighted by molar-refractivity contribution is -0.870. The number of hydrogen-bond acceptors (Lipinski definition) is 6. The van der Waals surface area contributed by atoms with Crippen molar-refractivity contribution >= 4 is 13.7 Å². The van der Waals surface area contributed by atoms with Crippen molar-refractivity contribution in [1.82, 2.24) is 5.32 Å². The molecule has 0 radical (unpaired) electrons. The van der Waals surface area contributed by atoms with Crippen LogP contribution in [0.25, 0.3) is 0 Å². The van der Waals surface area contributed by atoms with E-state index >= 15 is 0 Å². The number of carbonyl (C=O) groups excluding carboxylic acids is 1. The number of amides is 1. The zero-order valence-electron chi connectivity index (χ0n) is 32.1. The second-order valence-electron chi connectivity index (χ2n) is 14.3. The van der Waals surface area contributed by atoms with E-state index in [2.05, 4.69) is 55.6 Å². The van der Waals surface area contributed by atoms with Gasteiger partial charge >= 0.3 is 0 Å². The van der Waals surface area contributed by atoms with Gasteiger partial charge in [-0.2, -0.15) is 0 Å². The highest BCUT2D eigenvalue weighted by atomic mass is 31.2. The summed E-state index contributed by atoms with van der Waals surface area (Å²) in [7, 11) is 1.24. The first-order chi connectivity index (χ1) is 23.5. The van der Waals surface area contributed by atoms with Gasteiger partial charge in [-0.3, -0.25) is 9.36 Å². The maximum Gasteiger partial charge on any atom is 0.268 e. The molecule has 0 bridgehead atoms. The molecule has 0 rings (SSSR count). The van der Waals surface area contributed by atoms with E-state index in [-0.39, 0.29) is 19.1 Å². The Morgan fingerprint density at radius 3 is 1.82 bits per heavy atom. The lowest BCUT2D eigenvalue weighted by atomic mass is 10.1. The molecule has 49 heavy (non-hydrogen) atoms. The second-order valence-corrected chi connectivity index (χ2v) is 15.7. The van der Waals surface area contributed by atoms with Gasteiger partial charge < -0.3 is 28.8 Å². The van der Waals surface area contributed by atoms with Gasteiger partial charge in [0.1, 0.15) is 13.2 Å². The van der Waals surface area contributed by atoms with Gasteiger partial charge in [-0.1, -0.05) is 140 Å². The number of carbonyl (C=O) groups is 1. The minimum atomic E-state index is -4.58. The van der Waals surface area contributed by atoms with Crippen LogP contribution in [0.15, 0.2) is 48.6 Å². The van der Waals surface area contributed by atoms with Crippen molar-refractivity contribution in [2.24, 2.45) is 0 Å². The summed E-state index contributed by atoms with van der Waals surface area (Å²) in [5, 5.41) is 13.7. The first-order valence-corrected chi connectivity index (χ1v) is 21.0. The van der Waals surface area contributed by atoms with E-state index < -0.39 is 20.0 Å². The number of likely N-dealkylation sites (N-methyl/N-ethyl adjacent to an activating group) is 1. The quantitative estimate of drug-likeness (QED) is 0.0298. The van der Waals surface area contributed by atoms with Crippen LogP contribution in [-0.2, 0) is 18.4 Å². The van der Waals surface area contributed by atoms with Crippen molar-refractivity contribution < 1.29 is 32.9 Å². The fourth-order valence-electron chi connectivity index (χ4n) is 5.16. The highest BCUT2D eigenvalue weighted by Gasteiger charge is 2.23. The maximum atomic E-state index is 12.8. The van der Waals surface area contributed by atoms with Gasteiger partial charge in [-0.15, -0.1) is 0 Å². The summed E-state index contributed by atoms with van der Waals surface area (Å²) in [5.41, 5.74) is 0. The fraction of sp³-hybridized carbons (Fsp3) is 0.775. The topological polar surface area (TPSA) is 108 Å². The van der Waals surface area contributed by atoms with Crippen LogP contribution in [-0.4, -0.2) is 68.5 Å². The summed E-state index contributed by atoms with van der Waals surface area (Å²) in [4.78, 5) is 25.2. The molecule has 0 aliphatic rings. The highest BCUT2D eigenvalue weighted by Crippen LogP contribution is 2.38. The zero-order chi connectivity index (χ0) is 36.5. The minimum Gasteiger partial charge on any atom is -0.756 e. The smallest absolute Gasteiger partial charge is 0.268 e. The molecule has 0 fully saturated rings. The Kier molecular flexibility index (Phi) is 31.4. The van der Waals surface area contributed by atoms with E-state index in [0.29, 0.717) is 17.4 Å². The van der Waals surface area contributed by atoms with Gasteiger partial charge in [-0.25, -0.2) is 0 Å². The normalized spacial score (nSPS) is 15.2. The van der Waals surface area contributed by atoms with Gasteiger partial charge in [-0.05, 0) is 51.4 Å². The molecular formula is C40H75N2O6P. The van der Waals surface area contributed by atoms with Crippen molar-refractivity contribution in [3.63, 3.8) is 0 Å². The lowest BCUT2D eigenvalue weighted by Gasteiger charge is -2.29. The first kappa shape index (κ1) is 47.5. The third kappa shape index (κ3) is 34.7. The standard InChI is InChI=1S/C40H75N2O6P/c1-6-8-10-12-14-16-18-20-21-22-24-26-28-30-32-34-40(44)41-38(37-48-49(45,46)47-36-35-42(3,4)5)39(43)33-31-29-27-25-23-19-17-15-13-11-9-7-2/h8,10,14,16,20-21,31,33,38-39,43H,6-7,9,11-13,15,17-19,22-30,32,34-37H2,1-5H3,(H-,41,44,45,46)/b10-8-,16-14-,21-20-,33-31+. The van der Waals surface area contributed by atoms with Crippen LogP contribution in [0.4, 0.5) is 0 Å². The van der Waals surface area contributed by atoms with Crippen LogP contribution < -0.4 is 10.2 Å². The molecule has 0 aliphatic heterocycles. The molecule has 0 aromatic rings. The highest BCUT2D eigenvalue weighted by molar-refractivity contribution is 7.45. The Morgan fingerprint density at radius 2 is 1.24 bits per heavy atom. The van der Waals surface area contributed by atoms with E-state index in [1.54, 1.807) is 6.08 Å². The van der Waals surface area contributed by atoms with Crippen LogP contribution in [0.2, 0.25) is 0 Å². The van der Waals surface area contributed by atoms with Crippen molar-refractivity contribution in [3.8, 4) is 0 Å². The Labute approximate surface area is 301 Å². The van der Waals surface area contributed by atoms with E-state index in [4.69, 9.17) is 9.05 Å². The van der Waals surface area contributed by atoms with Gasteiger partial charge in [0.15, 0.2) is 0 Å². The number of phosphoric ester groups is 1. The number of aliphatic hydroxyl groups excluding tert-OH is 1. The molecule has 3 atom stereocenters. The lowest BCUT2D eigenvalue weighted by Crippen LogP contribution is -2.45. The third-order valence-corrected chi connectivity index (χ3v) is 9.26. The van der Waals surface area contributed by atoms with E-state index in [0.717, 1.165) is 77.0 Å². The Hall–Kier alpha value is -1.54. The predicted molar refractivity (Wildman–Crippen MR) is 205 cm³/mol. The molecule has 0 spiro atoms. The molecule has 1 amide bonds. The molecule has 9 heteroatoms. The Morgan fingerprint density at radius 1 is 0.735 bits per heavy atom. The van der Waals surface area contributed by atoms with Crippen LogP contribution >= 0.6 is 7.82 Å². The molecular weight excluding hydrogens is 635 g/mol. The van der Waals surface area contributed by atoms with Crippen LogP contribution in [0.3, 0.4) is 0 Å². The number of rotatable bonds is 34. The minimum absolute atomic E-state index is 0.00650. The maximum absolute atomic E-state index is 12.8. The predicted octanol–water partition coefficient (Wildman–Crippen LogP) is 9.50. The van der Waals surface area contributed by atoms with Crippen molar-refractivity contribution in [1.29, 1.82) is 0 Å². The largest absolute Gasteiger partial charge is 0.756 e. The van der Waals surface area contributed by atoms with Crippen LogP contribution in [0.1, 0.15) is 149 Å². The SMILES string of the molecule is CC/C=C\C/C=C\C/C=C\CCCCCCCC(=O)NC(COP(=O)([O-])OCC[N+](C)(C)C)C(O)/C=C/CCCCCCCCCCCC. The number of allylic oxidation sites excluding steroid dienone is 7. The summed E-state index contributed by atoms with van der Waals surface area (Å²) in [6, 6.07) is -0.893. The second kappa shape index (κ2) is 32.4. The van der Waals surface area contributed by atoms with Crippen molar-refractivity contribution in [3.05, 3.63) is 48.6 Å². The molecule has 286 valence electrons. The summed E-state index contributed by atoms with van der Waals surface area (Å²) in [5.74, 6) is -0.219. The number of hydrogen-bond donors (Lipinski definition) is 2. The first-order valence-electron chi connectivity index (χ1n) is 19.5. The fourth-order valence-corrected chi connectivity index (χ4v) is 5.89. The Balaban J connectivity index is 4.56. The zero-order valence-corrected chi connectivity index (χ0v) is 33.0. The number of nitrogens with zero attached hydrogens (tertiary/aromatic N) is 1. The van der Waals surface area contributed by atoms with Crippen LogP contribution in [0.5, 0.6) is 0 Å². The van der Waals surface area contributed by atoms with Crippen molar-refractivity contribution in [2.45, 2.75) is 161 Å². The molecule has 8 nitrogen and oxygen atoms in total. The summed E-state index contributed by atoms with van der Waals surface area (Å²) in [6.07, 6.45) is 38.6. The van der Waals surface area contributed by atoms with Crippen LogP contribution in [0, 0.1) is 0 Å². The van der Waals surface area contributed by atoms with E-state index in [9.17, 15) is 19.4 Å². The van der Waals surface area contributed by atoms with E-state index in [1.807, 2.05) is 27.2 Å². The van der Waals surface area contributed by atoms with Crippen molar-refractivity contribution in [2.75, 3.05) is 40.9 Å². The molecule has 3 unspecified atom stereocenters. The van der Waals surface area contributed by atoms with Gasteiger partial charge in [0.25, 0.3) is 7.82 Å². The third-order valence-electron chi connectivity index (χ3n) is 8.29. The van der Waals surface area contributed by atoms with Gasteiger partial charge in [0, 0.05) is 6.42 Å². The molecule has 0 aromatic carbocycles. The molecule has 0 saturated carbocycles. The number of aliphatic hydroxyl groups is 1. The van der Waals surface area contributed by atoms with E-state index in [1.165, 1.54) is 51.4 Å². The number of nitrogens with one attached hydrogen (secondary N) is 1. The summed E-state index contributed by atoms with van der Waals surface area (Å²) >= 11 is 0. The van der Waals surface area contributed by atoms with Gasteiger partial charge in [0.2, 0.25) is 5.91 Å². The average Bonchev–Trinajstić information content (AvgIpc) is 3.04. The summed E-state index contributed by atoms with van der Waals surface area (Å²) < 4.78 is 23.1. The molecule has 0 aromatic heterocycles. The number of unbranched alkanes of at least 4 members (excludes halogenated alkanes) is 15. The molecule has 0 aliphatic carbocycles. The average molecular weight is 711 g/mol. The van der Waals surface area contributed by atoms with Gasteiger partial charge in [0.05, 0.1) is 39.9 Å². The number of phosphoric acid groups is 1. The monoisotopic (exact) mass is 711 g/mol.